The largest absolute Gasteiger partial charge is 0.336 e. The lowest BCUT2D eigenvalue weighted by molar-refractivity contribution is 0.0710. The number of carbonyl (C=O) groups is 1. The maximum atomic E-state index is 14.5. The van der Waals surface area contributed by atoms with Gasteiger partial charge in [0.2, 0.25) is 0 Å². The smallest absolute Gasteiger partial charge is 0.256 e. The number of fused-ring (bicyclic) bond motifs is 3. The number of rotatable bonds is 2. The molecule has 5 nitrogen and oxygen atoms in total. The minimum absolute atomic E-state index is 0.00960. The van der Waals surface area contributed by atoms with E-state index in [0.29, 0.717) is 30.0 Å². The third-order valence-electron chi connectivity index (χ3n) is 5.55. The number of hydrogen-bond donors (Lipinski definition) is 1. The number of nitrogens with one attached hydrogen (secondary N) is 1. The number of imidazole rings is 1. The molecule has 1 saturated heterocycles. The Morgan fingerprint density at radius 1 is 1.14 bits per heavy atom. The van der Waals surface area contributed by atoms with Crippen LogP contribution >= 0.6 is 0 Å². The number of benzene rings is 2. The monoisotopic (exact) mass is 388 g/mol. The molecule has 0 saturated carbocycles. The molecule has 3 heterocycles. The molecule has 4 aromatic rings. The molecule has 1 unspecified atom stereocenters. The summed E-state index contributed by atoms with van der Waals surface area (Å²) in [6.45, 7) is 4.18. The standard InChI is InChI=1S/C23H21FN4O/c1-15-13-27(11-10-25-15)23(29)19-14-28-21(17-7-3-2-6-16(17)19)12-26-22(28)18-8-4-5-9-20(18)24/h2-9,12,14-15,25H,10-11,13H2,1H3. The topological polar surface area (TPSA) is 49.6 Å². The van der Waals surface area contributed by atoms with E-state index in [0.717, 1.165) is 22.8 Å². The summed E-state index contributed by atoms with van der Waals surface area (Å²) in [4.78, 5) is 19.8. The van der Waals surface area contributed by atoms with Gasteiger partial charge in [-0.15, -0.1) is 0 Å². The maximum absolute atomic E-state index is 14.5. The summed E-state index contributed by atoms with van der Waals surface area (Å²) in [7, 11) is 0. The highest BCUT2D eigenvalue weighted by atomic mass is 19.1. The number of piperazine rings is 1. The quantitative estimate of drug-likeness (QED) is 0.569. The van der Waals surface area contributed by atoms with E-state index >= 15 is 0 Å². The first-order valence-electron chi connectivity index (χ1n) is 9.80. The summed E-state index contributed by atoms with van der Waals surface area (Å²) >= 11 is 0. The fourth-order valence-electron chi connectivity index (χ4n) is 4.13. The summed E-state index contributed by atoms with van der Waals surface area (Å²) in [5.41, 5.74) is 1.87. The SMILES string of the molecule is CC1CN(C(=O)c2cn3c(-c4ccccc4F)ncc3c3ccccc23)CCN1. The highest BCUT2D eigenvalue weighted by Crippen LogP contribution is 2.30. The second-order valence-electron chi connectivity index (χ2n) is 7.51. The zero-order valence-electron chi connectivity index (χ0n) is 16.1. The van der Waals surface area contributed by atoms with E-state index < -0.39 is 0 Å². The van der Waals surface area contributed by atoms with E-state index in [1.54, 1.807) is 24.4 Å². The molecule has 1 aliphatic rings. The number of amides is 1. The van der Waals surface area contributed by atoms with Gasteiger partial charge in [0.1, 0.15) is 11.6 Å². The van der Waals surface area contributed by atoms with E-state index in [-0.39, 0.29) is 17.8 Å². The van der Waals surface area contributed by atoms with Crippen molar-refractivity contribution in [2.24, 2.45) is 0 Å². The average Bonchev–Trinajstić information content (AvgIpc) is 3.17. The van der Waals surface area contributed by atoms with Crippen LogP contribution in [0.2, 0.25) is 0 Å². The van der Waals surface area contributed by atoms with Crippen LogP contribution in [0.4, 0.5) is 4.39 Å². The van der Waals surface area contributed by atoms with Gasteiger partial charge in [-0.2, -0.15) is 0 Å². The van der Waals surface area contributed by atoms with Gasteiger partial charge in [0.25, 0.3) is 5.91 Å². The lowest BCUT2D eigenvalue weighted by Crippen LogP contribution is -2.51. The summed E-state index contributed by atoms with van der Waals surface area (Å²) < 4.78 is 16.3. The third-order valence-corrected chi connectivity index (χ3v) is 5.55. The molecular weight excluding hydrogens is 367 g/mol. The van der Waals surface area contributed by atoms with Crippen LogP contribution in [0.5, 0.6) is 0 Å². The van der Waals surface area contributed by atoms with Crippen molar-refractivity contribution in [2.75, 3.05) is 19.6 Å². The number of halogens is 1. The van der Waals surface area contributed by atoms with Gasteiger partial charge >= 0.3 is 0 Å². The number of pyridine rings is 1. The van der Waals surface area contributed by atoms with Crippen molar-refractivity contribution >= 4 is 22.2 Å². The van der Waals surface area contributed by atoms with Gasteiger partial charge in [-0.3, -0.25) is 9.20 Å². The van der Waals surface area contributed by atoms with Crippen molar-refractivity contribution in [1.82, 2.24) is 19.6 Å². The zero-order valence-corrected chi connectivity index (χ0v) is 16.1. The van der Waals surface area contributed by atoms with Crippen LogP contribution in [-0.2, 0) is 0 Å². The lowest BCUT2D eigenvalue weighted by Gasteiger charge is -2.32. The van der Waals surface area contributed by atoms with Crippen molar-refractivity contribution in [1.29, 1.82) is 0 Å². The predicted molar refractivity (Wildman–Crippen MR) is 111 cm³/mol. The van der Waals surface area contributed by atoms with Crippen LogP contribution in [0, 0.1) is 5.82 Å². The summed E-state index contributed by atoms with van der Waals surface area (Å²) in [5.74, 6) is 0.146. The van der Waals surface area contributed by atoms with Crippen LogP contribution in [-0.4, -0.2) is 45.9 Å². The maximum Gasteiger partial charge on any atom is 0.256 e. The predicted octanol–water partition coefficient (Wildman–Crippen LogP) is 3.73. The Morgan fingerprint density at radius 3 is 2.69 bits per heavy atom. The molecule has 29 heavy (non-hydrogen) atoms. The zero-order chi connectivity index (χ0) is 20.0. The third kappa shape index (κ3) is 2.96. The van der Waals surface area contributed by atoms with E-state index in [1.165, 1.54) is 6.07 Å². The Bertz CT molecular complexity index is 1230. The average molecular weight is 388 g/mol. The molecule has 1 fully saturated rings. The molecule has 0 spiro atoms. The van der Waals surface area contributed by atoms with Gasteiger partial charge in [0.15, 0.2) is 0 Å². The minimum Gasteiger partial charge on any atom is -0.336 e. The Labute approximate surface area is 167 Å². The molecule has 5 rings (SSSR count). The molecular formula is C23H21FN4O. The second-order valence-corrected chi connectivity index (χ2v) is 7.51. The van der Waals surface area contributed by atoms with Gasteiger partial charge in [0.05, 0.1) is 22.8 Å². The lowest BCUT2D eigenvalue weighted by atomic mass is 10.0. The fraction of sp³-hybridized carbons (Fsp3) is 0.217. The Kier molecular flexibility index (Phi) is 4.28. The van der Waals surface area contributed by atoms with Crippen LogP contribution in [0.15, 0.2) is 60.9 Å². The van der Waals surface area contributed by atoms with Gasteiger partial charge < -0.3 is 10.2 Å². The summed E-state index contributed by atoms with van der Waals surface area (Å²) in [5, 5.41) is 5.18. The number of carbonyl (C=O) groups excluding carboxylic acids is 1. The molecule has 1 aliphatic heterocycles. The van der Waals surface area contributed by atoms with E-state index in [2.05, 4.69) is 17.2 Å². The highest BCUT2D eigenvalue weighted by Gasteiger charge is 2.24. The first-order valence-corrected chi connectivity index (χ1v) is 9.80. The van der Waals surface area contributed by atoms with Crippen LogP contribution < -0.4 is 5.32 Å². The Hall–Kier alpha value is -3.25. The van der Waals surface area contributed by atoms with Crippen molar-refractivity contribution in [2.45, 2.75) is 13.0 Å². The van der Waals surface area contributed by atoms with Gasteiger partial charge in [-0.25, -0.2) is 9.37 Å². The van der Waals surface area contributed by atoms with Crippen LogP contribution in [0.25, 0.3) is 27.7 Å². The van der Waals surface area contributed by atoms with E-state index in [4.69, 9.17) is 0 Å². The van der Waals surface area contributed by atoms with E-state index in [9.17, 15) is 9.18 Å². The first kappa shape index (κ1) is 17.8. The summed E-state index contributed by atoms with van der Waals surface area (Å²) in [6.07, 6.45) is 3.55. The number of aromatic nitrogens is 2. The highest BCUT2D eigenvalue weighted by molar-refractivity contribution is 6.11. The molecule has 0 bridgehead atoms. The van der Waals surface area contributed by atoms with E-state index in [1.807, 2.05) is 39.8 Å². The minimum atomic E-state index is -0.336. The molecule has 1 N–H and O–H groups in total. The Balaban J connectivity index is 1.73. The number of hydrogen-bond acceptors (Lipinski definition) is 3. The first-order chi connectivity index (χ1) is 14.1. The molecule has 1 amide bonds. The molecule has 1 atom stereocenters. The molecule has 6 heteroatoms. The fourth-order valence-corrected chi connectivity index (χ4v) is 4.13. The molecule has 2 aromatic heterocycles. The van der Waals surface area contributed by atoms with Gasteiger partial charge in [-0.05, 0) is 24.4 Å². The second kappa shape index (κ2) is 6.97. The van der Waals surface area contributed by atoms with Crippen molar-refractivity contribution in [3.8, 4) is 11.4 Å². The molecule has 146 valence electrons. The number of nitrogens with zero attached hydrogens (tertiary/aromatic N) is 3. The summed E-state index contributed by atoms with van der Waals surface area (Å²) in [6, 6.07) is 14.6. The Morgan fingerprint density at radius 2 is 1.90 bits per heavy atom. The van der Waals surface area contributed by atoms with Crippen LogP contribution in [0.1, 0.15) is 17.3 Å². The molecule has 0 radical (unpaired) electrons. The van der Waals surface area contributed by atoms with Crippen LogP contribution in [0.3, 0.4) is 0 Å². The van der Waals surface area contributed by atoms with Crippen molar-refractivity contribution in [3.63, 3.8) is 0 Å². The van der Waals surface area contributed by atoms with Gasteiger partial charge in [-0.1, -0.05) is 36.4 Å². The van der Waals surface area contributed by atoms with Crippen molar-refractivity contribution < 1.29 is 9.18 Å². The normalized spacial score (nSPS) is 17.2. The van der Waals surface area contributed by atoms with Crippen molar-refractivity contribution in [3.05, 3.63) is 72.3 Å². The van der Waals surface area contributed by atoms with Gasteiger partial charge in [0, 0.05) is 37.3 Å². The molecule has 0 aliphatic carbocycles. The molecule has 2 aromatic carbocycles.